The molecule has 0 fully saturated rings. The summed E-state index contributed by atoms with van der Waals surface area (Å²) in [5, 5.41) is 16.1. The lowest BCUT2D eigenvalue weighted by Crippen LogP contribution is -2.25. The maximum atomic E-state index is 11.0. The summed E-state index contributed by atoms with van der Waals surface area (Å²) in [6.45, 7) is 0.709. The number of fused-ring (bicyclic) bond motifs is 1. The number of carbonyl (C=O) groups is 1. The van der Waals surface area contributed by atoms with Crippen LogP contribution in [0.4, 0.5) is 5.95 Å². The predicted molar refractivity (Wildman–Crippen MR) is 71.2 cm³/mol. The number of carboxylic acids is 1. The van der Waals surface area contributed by atoms with Gasteiger partial charge in [0.05, 0.1) is 13.2 Å². The van der Waals surface area contributed by atoms with E-state index < -0.39 is 5.97 Å². The van der Waals surface area contributed by atoms with Crippen molar-refractivity contribution in [2.24, 2.45) is 0 Å². The molecule has 0 aliphatic carbocycles. The van der Waals surface area contributed by atoms with E-state index >= 15 is 0 Å². The molecular formula is C13H14N4O3. The molecule has 0 amide bonds. The molecule has 7 heteroatoms. The first kappa shape index (κ1) is 12.5. The van der Waals surface area contributed by atoms with Gasteiger partial charge >= 0.3 is 5.97 Å². The topological polar surface area (TPSA) is 89.3 Å². The number of hydrogen-bond donors (Lipinski definition) is 2. The molecule has 3 rings (SSSR count). The molecule has 2 heterocycles. The Hall–Kier alpha value is -2.57. The number of hydrogen-bond acceptors (Lipinski definition) is 5. The average molecular weight is 274 g/mol. The van der Waals surface area contributed by atoms with E-state index in [9.17, 15) is 4.79 Å². The summed E-state index contributed by atoms with van der Waals surface area (Å²) in [5.74, 6) is -0.0935. The minimum atomic E-state index is -1.13. The van der Waals surface area contributed by atoms with E-state index in [0.29, 0.717) is 12.5 Å². The number of aromatic nitrogens is 3. The normalized spacial score (nSPS) is 17.1. The lowest BCUT2D eigenvalue weighted by atomic mass is 10.0. The molecular weight excluding hydrogens is 260 g/mol. The van der Waals surface area contributed by atoms with Gasteiger partial charge in [0.25, 0.3) is 5.82 Å². The van der Waals surface area contributed by atoms with Gasteiger partial charge in [0.1, 0.15) is 5.75 Å². The van der Waals surface area contributed by atoms with Gasteiger partial charge in [-0.15, -0.1) is 5.10 Å². The van der Waals surface area contributed by atoms with Crippen molar-refractivity contribution in [3.8, 4) is 5.75 Å². The van der Waals surface area contributed by atoms with Crippen LogP contribution in [-0.2, 0) is 0 Å². The summed E-state index contributed by atoms with van der Waals surface area (Å²) in [4.78, 5) is 15.0. The van der Waals surface area contributed by atoms with Crippen molar-refractivity contribution in [1.29, 1.82) is 0 Å². The van der Waals surface area contributed by atoms with Crippen LogP contribution in [0.1, 0.15) is 28.6 Å². The Labute approximate surface area is 115 Å². The van der Waals surface area contributed by atoms with Gasteiger partial charge in [0.15, 0.2) is 0 Å². The molecule has 0 radical (unpaired) electrons. The third kappa shape index (κ3) is 1.97. The summed E-state index contributed by atoms with van der Waals surface area (Å²) in [7, 11) is 1.62. The summed E-state index contributed by atoms with van der Waals surface area (Å²) in [6, 6.07) is 7.58. The van der Waals surface area contributed by atoms with Crippen molar-refractivity contribution in [3.05, 3.63) is 35.7 Å². The second-order valence-corrected chi connectivity index (χ2v) is 4.48. The first-order valence-electron chi connectivity index (χ1n) is 6.27. The molecule has 1 aromatic carbocycles. The molecule has 2 N–H and O–H groups in total. The molecule has 1 aliphatic rings. The van der Waals surface area contributed by atoms with Crippen LogP contribution in [0.3, 0.4) is 0 Å². The summed E-state index contributed by atoms with van der Waals surface area (Å²) in [6.07, 6.45) is 0.787. The van der Waals surface area contributed by atoms with E-state index in [2.05, 4.69) is 15.4 Å². The van der Waals surface area contributed by atoms with Gasteiger partial charge < -0.3 is 15.2 Å². The summed E-state index contributed by atoms with van der Waals surface area (Å²) >= 11 is 0. The van der Waals surface area contributed by atoms with E-state index in [1.54, 1.807) is 11.8 Å². The minimum Gasteiger partial charge on any atom is -0.496 e. The van der Waals surface area contributed by atoms with Crippen LogP contribution in [0.5, 0.6) is 5.75 Å². The number of nitrogens with one attached hydrogen (secondary N) is 1. The lowest BCUT2D eigenvalue weighted by Gasteiger charge is -2.25. The highest BCUT2D eigenvalue weighted by atomic mass is 16.5. The van der Waals surface area contributed by atoms with Gasteiger partial charge in [0, 0.05) is 12.1 Å². The molecule has 7 nitrogen and oxygen atoms in total. The standard InChI is InChI=1S/C13H14N4O3/c1-20-10-5-3-2-4-8(10)9-6-7-14-13-15-11(12(18)19)16-17(9)13/h2-5,9H,6-7H2,1H3,(H,18,19)(H,14,15,16). The third-order valence-corrected chi connectivity index (χ3v) is 3.32. The monoisotopic (exact) mass is 274 g/mol. The zero-order chi connectivity index (χ0) is 14.1. The number of anilines is 1. The Kier molecular flexibility index (Phi) is 3.02. The SMILES string of the molecule is COc1ccccc1C1CCNc2nc(C(=O)O)nn21. The van der Waals surface area contributed by atoms with Crippen LogP contribution in [0.25, 0.3) is 0 Å². The fourth-order valence-corrected chi connectivity index (χ4v) is 2.42. The van der Waals surface area contributed by atoms with Crippen LogP contribution in [-0.4, -0.2) is 39.5 Å². The fourth-order valence-electron chi connectivity index (χ4n) is 2.42. The Bertz CT molecular complexity index is 653. The molecule has 0 bridgehead atoms. The molecule has 104 valence electrons. The zero-order valence-corrected chi connectivity index (χ0v) is 10.9. The first-order chi connectivity index (χ1) is 9.70. The van der Waals surface area contributed by atoms with Gasteiger partial charge in [-0.25, -0.2) is 9.48 Å². The minimum absolute atomic E-state index is 0.0806. The van der Waals surface area contributed by atoms with Crippen molar-refractivity contribution in [3.63, 3.8) is 0 Å². The zero-order valence-electron chi connectivity index (χ0n) is 10.9. The maximum absolute atomic E-state index is 11.0. The van der Waals surface area contributed by atoms with Crippen molar-refractivity contribution in [2.45, 2.75) is 12.5 Å². The van der Waals surface area contributed by atoms with Crippen molar-refractivity contribution < 1.29 is 14.6 Å². The first-order valence-corrected chi connectivity index (χ1v) is 6.27. The number of rotatable bonds is 3. The number of ether oxygens (including phenoxy) is 1. The quantitative estimate of drug-likeness (QED) is 0.879. The predicted octanol–water partition coefficient (Wildman–Crippen LogP) is 1.39. The third-order valence-electron chi connectivity index (χ3n) is 3.32. The van der Waals surface area contributed by atoms with Gasteiger partial charge in [-0.3, -0.25) is 0 Å². The molecule has 2 aromatic rings. The maximum Gasteiger partial charge on any atom is 0.375 e. The smallest absolute Gasteiger partial charge is 0.375 e. The number of aromatic carboxylic acids is 1. The van der Waals surface area contributed by atoms with Crippen LogP contribution in [0.15, 0.2) is 24.3 Å². The Morgan fingerprint density at radius 3 is 3.05 bits per heavy atom. The number of nitrogens with zero attached hydrogens (tertiary/aromatic N) is 3. The van der Waals surface area contributed by atoms with Crippen molar-refractivity contribution in [2.75, 3.05) is 19.0 Å². The second kappa shape index (κ2) is 4.84. The van der Waals surface area contributed by atoms with Crippen LogP contribution in [0.2, 0.25) is 0 Å². The number of benzene rings is 1. The molecule has 1 unspecified atom stereocenters. The van der Waals surface area contributed by atoms with Crippen molar-refractivity contribution in [1.82, 2.24) is 14.8 Å². The van der Waals surface area contributed by atoms with Gasteiger partial charge in [0.2, 0.25) is 5.95 Å². The van der Waals surface area contributed by atoms with Crippen LogP contribution >= 0.6 is 0 Å². The van der Waals surface area contributed by atoms with E-state index in [0.717, 1.165) is 17.7 Å². The number of methoxy groups -OCH3 is 1. The van der Waals surface area contributed by atoms with Gasteiger partial charge in [-0.05, 0) is 12.5 Å². The fraction of sp³-hybridized carbons (Fsp3) is 0.308. The molecule has 1 atom stereocenters. The van der Waals surface area contributed by atoms with E-state index in [-0.39, 0.29) is 11.9 Å². The highest BCUT2D eigenvalue weighted by Crippen LogP contribution is 2.33. The number of carboxylic acid groups (broad SMARTS) is 1. The molecule has 1 aliphatic heterocycles. The van der Waals surface area contributed by atoms with Crippen LogP contribution < -0.4 is 10.1 Å². The Morgan fingerprint density at radius 2 is 2.30 bits per heavy atom. The number of para-hydroxylation sites is 1. The second-order valence-electron chi connectivity index (χ2n) is 4.48. The van der Waals surface area contributed by atoms with E-state index in [1.165, 1.54) is 0 Å². The van der Waals surface area contributed by atoms with Gasteiger partial charge in [-0.1, -0.05) is 18.2 Å². The molecule has 0 saturated heterocycles. The highest BCUT2D eigenvalue weighted by molar-refractivity contribution is 5.83. The molecule has 0 spiro atoms. The van der Waals surface area contributed by atoms with Crippen LogP contribution in [0, 0.1) is 0 Å². The Balaban J connectivity index is 2.07. The summed E-state index contributed by atoms with van der Waals surface area (Å²) < 4.78 is 6.99. The van der Waals surface area contributed by atoms with E-state index in [1.807, 2.05) is 24.3 Å². The van der Waals surface area contributed by atoms with E-state index in [4.69, 9.17) is 9.84 Å². The Morgan fingerprint density at radius 1 is 1.50 bits per heavy atom. The molecule has 20 heavy (non-hydrogen) atoms. The largest absolute Gasteiger partial charge is 0.496 e. The van der Waals surface area contributed by atoms with Gasteiger partial charge in [-0.2, -0.15) is 4.98 Å². The summed E-state index contributed by atoms with van der Waals surface area (Å²) in [5.41, 5.74) is 0.972. The van der Waals surface area contributed by atoms with Crippen molar-refractivity contribution >= 4 is 11.9 Å². The lowest BCUT2D eigenvalue weighted by molar-refractivity contribution is 0.0683. The average Bonchev–Trinajstić information content (AvgIpc) is 2.91. The molecule has 1 aromatic heterocycles. The highest BCUT2D eigenvalue weighted by Gasteiger charge is 2.27. The molecule has 0 saturated carbocycles.